The molecule has 96 valence electrons. The first-order valence-electron chi connectivity index (χ1n) is 5.52. The Morgan fingerprint density at radius 1 is 1.11 bits per heavy atom. The fourth-order valence-electron chi connectivity index (χ4n) is 1.87. The zero-order chi connectivity index (χ0) is 13.3. The van der Waals surface area contributed by atoms with E-state index in [1.165, 1.54) is 11.3 Å². The minimum absolute atomic E-state index is 0.691. The quantitative estimate of drug-likeness (QED) is 0.925. The van der Waals surface area contributed by atoms with Crippen LogP contribution in [-0.2, 0) is 0 Å². The van der Waals surface area contributed by atoms with Crippen molar-refractivity contribution in [1.29, 1.82) is 0 Å². The molecule has 0 radical (unpaired) electrons. The fraction of sp³-hybridized carbons (Fsp3) is 0.308. The van der Waals surface area contributed by atoms with E-state index in [1.807, 2.05) is 26.0 Å². The standard InChI is InChI=1S/C13H16N2O2S/c1-7-5-11(17-4)9(6-10(7)16-3)12-13(14)18-8(2)15-12/h5-6H,14H2,1-4H3. The number of thiazole rings is 1. The highest BCUT2D eigenvalue weighted by Crippen LogP contribution is 2.39. The molecule has 18 heavy (non-hydrogen) atoms. The number of aromatic nitrogens is 1. The van der Waals surface area contributed by atoms with Crippen molar-refractivity contribution >= 4 is 16.3 Å². The van der Waals surface area contributed by atoms with E-state index < -0.39 is 0 Å². The first-order valence-corrected chi connectivity index (χ1v) is 6.34. The third kappa shape index (κ3) is 2.13. The van der Waals surface area contributed by atoms with E-state index in [4.69, 9.17) is 15.2 Å². The van der Waals surface area contributed by atoms with E-state index in [-0.39, 0.29) is 0 Å². The van der Waals surface area contributed by atoms with Crippen LogP contribution < -0.4 is 15.2 Å². The van der Waals surface area contributed by atoms with Gasteiger partial charge in [0.15, 0.2) is 0 Å². The molecule has 0 amide bonds. The summed E-state index contributed by atoms with van der Waals surface area (Å²) in [6.45, 7) is 3.91. The van der Waals surface area contributed by atoms with Gasteiger partial charge in [-0.3, -0.25) is 0 Å². The second kappa shape index (κ2) is 4.86. The Bertz CT molecular complexity index is 579. The van der Waals surface area contributed by atoms with Crippen LogP contribution in [0.5, 0.6) is 11.5 Å². The lowest BCUT2D eigenvalue weighted by atomic mass is 10.1. The first-order chi connectivity index (χ1) is 8.56. The summed E-state index contributed by atoms with van der Waals surface area (Å²) in [6, 6.07) is 3.85. The van der Waals surface area contributed by atoms with E-state index in [1.54, 1.807) is 14.2 Å². The number of nitrogens with two attached hydrogens (primary N) is 1. The molecule has 0 bridgehead atoms. The maximum atomic E-state index is 5.99. The number of benzene rings is 1. The second-order valence-corrected chi connectivity index (χ2v) is 5.20. The summed E-state index contributed by atoms with van der Waals surface area (Å²) in [5.74, 6) is 1.56. The molecule has 1 aromatic heterocycles. The van der Waals surface area contributed by atoms with Gasteiger partial charge in [-0.2, -0.15) is 0 Å². The van der Waals surface area contributed by atoms with Gasteiger partial charge in [0.05, 0.1) is 19.2 Å². The van der Waals surface area contributed by atoms with Gasteiger partial charge in [0, 0.05) is 5.56 Å². The van der Waals surface area contributed by atoms with Crippen molar-refractivity contribution in [2.24, 2.45) is 0 Å². The summed E-state index contributed by atoms with van der Waals surface area (Å²) >= 11 is 1.47. The molecule has 1 heterocycles. The molecular formula is C13H16N2O2S. The number of ether oxygens (including phenoxy) is 2. The SMILES string of the molecule is COc1cc(-c2nc(C)sc2N)c(OC)cc1C. The molecular weight excluding hydrogens is 248 g/mol. The molecule has 1 aromatic carbocycles. The number of hydrogen-bond acceptors (Lipinski definition) is 5. The van der Waals surface area contributed by atoms with Gasteiger partial charge in [0.2, 0.25) is 0 Å². The molecule has 0 spiro atoms. The number of anilines is 1. The van der Waals surface area contributed by atoms with Crippen molar-refractivity contribution in [2.75, 3.05) is 20.0 Å². The molecule has 0 saturated heterocycles. The van der Waals surface area contributed by atoms with Crippen molar-refractivity contribution in [3.63, 3.8) is 0 Å². The largest absolute Gasteiger partial charge is 0.496 e. The topological polar surface area (TPSA) is 57.4 Å². The van der Waals surface area contributed by atoms with Crippen LogP contribution in [0.4, 0.5) is 5.00 Å². The van der Waals surface area contributed by atoms with E-state index in [0.717, 1.165) is 33.3 Å². The monoisotopic (exact) mass is 264 g/mol. The Morgan fingerprint density at radius 3 is 2.28 bits per heavy atom. The van der Waals surface area contributed by atoms with Gasteiger partial charge in [0.25, 0.3) is 0 Å². The number of hydrogen-bond donors (Lipinski definition) is 1. The predicted octanol–water partition coefficient (Wildman–Crippen LogP) is 3.03. The van der Waals surface area contributed by atoms with E-state index >= 15 is 0 Å². The van der Waals surface area contributed by atoms with Gasteiger partial charge < -0.3 is 15.2 Å². The Morgan fingerprint density at radius 2 is 1.78 bits per heavy atom. The molecule has 0 aliphatic carbocycles. The molecule has 0 unspecified atom stereocenters. The zero-order valence-corrected chi connectivity index (χ0v) is 11.7. The third-order valence-corrected chi connectivity index (χ3v) is 3.53. The summed E-state index contributed by atoms with van der Waals surface area (Å²) in [5.41, 5.74) is 8.62. The van der Waals surface area contributed by atoms with Crippen molar-refractivity contribution in [3.8, 4) is 22.8 Å². The number of methoxy groups -OCH3 is 2. The summed E-state index contributed by atoms with van der Waals surface area (Å²) in [7, 11) is 3.29. The van der Waals surface area contributed by atoms with Crippen LogP contribution in [0.1, 0.15) is 10.6 Å². The van der Waals surface area contributed by atoms with Gasteiger partial charge >= 0.3 is 0 Å². The molecule has 0 aliphatic rings. The molecule has 2 rings (SSSR count). The normalized spacial score (nSPS) is 10.4. The fourth-order valence-corrected chi connectivity index (χ4v) is 2.58. The average molecular weight is 264 g/mol. The van der Waals surface area contributed by atoms with Crippen LogP contribution in [-0.4, -0.2) is 19.2 Å². The lowest BCUT2D eigenvalue weighted by Crippen LogP contribution is -1.95. The first kappa shape index (κ1) is 12.7. The summed E-state index contributed by atoms with van der Waals surface area (Å²) in [6.07, 6.45) is 0. The molecule has 0 saturated carbocycles. The number of rotatable bonds is 3. The minimum Gasteiger partial charge on any atom is -0.496 e. The van der Waals surface area contributed by atoms with E-state index in [2.05, 4.69) is 4.98 Å². The number of nitrogen functional groups attached to an aromatic ring is 1. The van der Waals surface area contributed by atoms with Gasteiger partial charge in [-0.05, 0) is 31.5 Å². The molecule has 0 aliphatic heterocycles. The highest BCUT2D eigenvalue weighted by molar-refractivity contribution is 7.16. The van der Waals surface area contributed by atoms with Crippen molar-refractivity contribution < 1.29 is 9.47 Å². The average Bonchev–Trinajstić information content (AvgIpc) is 2.68. The number of aryl methyl sites for hydroxylation is 2. The highest BCUT2D eigenvalue weighted by Gasteiger charge is 2.16. The summed E-state index contributed by atoms with van der Waals surface area (Å²) < 4.78 is 10.7. The van der Waals surface area contributed by atoms with E-state index in [0.29, 0.717) is 5.00 Å². The van der Waals surface area contributed by atoms with Crippen LogP contribution in [0, 0.1) is 13.8 Å². The van der Waals surface area contributed by atoms with Crippen LogP contribution in [0.2, 0.25) is 0 Å². The third-order valence-electron chi connectivity index (χ3n) is 2.73. The Hall–Kier alpha value is -1.75. The van der Waals surface area contributed by atoms with Crippen LogP contribution in [0.15, 0.2) is 12.1 Å². The molecule has 0 atom stereocenters. The summed E-state index contributed by atoms with van der Waals surface area (Å²) in [4.78, 5) is 4.45. The van der Waals surface area contributed by atoms with Crippen molar-refractivity contribution in [1.82, 2.24) is 4.98 Å². The van der Waals surface area contributed by atoms with Crippen LogP contribution >= 0.6 is 11.3 Å². The minimum atomic E-state index is 0.691. The van der Waals surface area contributed by atoms with Gasteiger partial charge in [0.1, 0.15) is 22.2 Å². The van der Waals surface area contributed by atoms with Gasteiger partial charge in [-0.1, -0.05) is 0 Å². The van der Waals surface area contributed by atoms with E-state index in [9.17, 15) is 0 Å². The smallest absolute Gasteiger partial charge is 0.128 e. The molecule has 4 nitrogen and oxygen atoms in total. The number of nitrogens with zero attached hydrogens (tertiary/aromatic N) is 1. The summed E-state index contributed by atoms with van der Waals surface area (Å²) in [5, 5.41) is 1.63. The van der Waals surface area contributed by atoms with Crippen molar-refractivity contribution in [2.45, 2.75) is 13.8 Å². The zero-order valence-electron chi connectivity index (χ0n) is 10.9. The Balaban J connectivity index is 2.65. The molecule has 0 fully saturated rings. The van der Waals surface area contributed by atoms with Crippen LogP contribution in [0.3, 0.4) is 0 Å². The van der Waals surface area contributed by atoms with Crippen LogP contribution in [0.25, 0.3) is 11.3 Å². The van der Waals surface area contributed by atoms with Gasteiger partial charge in [-0.15, -0.1) is 11.3 Å². The lowest BCUT2D eigenvalue weighted by Gasteiger charge is -2.12. The van der Waals surface area contributed by atoms with Gasteiger partial charge in [-0.25, -0.2) is 4.98 Å². The Kier molecular flexibility index (Phi) is 3.43. The maximum Gasteiger partial charge on any atom is 0.128 e. The second-order valence-electron chi connectivity index (χ2n) is 3.97. The molecule has 2 N–H and O–H groups in total. The lowest BCUT2D eigenvalue weighted by molar-refractivity contribution is 0.401. The predicted molar refractivity (Wildman–Crippen MR) is 74.5 cm³/mol. The molecule has 5 heteroatoms. The molecule has 2 aromatic rings. The Labute approximate surface area is 110 Å². The highest BCUT2D eigenvalue weighted by atomic mass is 32.1. The maximum absolute atomic E-state index is 5.99. The van der Waals surface area contributed by atoms with Crippen molar-refractivity contribution in [3.05, 3.63) is 22.7 Å².